The number of carbonyl (C=O) groups excluding carboxylic acids is 1. The molecule has 1 saturated heterocycles. The Morgan fingerprint density at radius 1 is 1.50 bits per heavy atom. The van der Waals surface area contributed by atoms with Gasteiger partial charge in [0.2, 0.25) is 0 Å². The summed E-state index contributed by atoms with van der Waals surface area (Å²) in [6.07, 6.45) is -1.19. The molecular formula is C9H6ClNaO3. The van der Waals surface area contributed by atoms with E-state index in [1.807, 2.05) is 0 Å². The van der Waals surface area contributed by atoms with Crippen LogP contribution in [0, 0.1) is 0 Å². The van der Waals surface area contributed by atoms with Crippen molar-refractivity contribution in [3.63, 3.8) is 0 Å². The maximum Gasteiger partial charge on any atom is 1.00 e. The number of hydrogen-bond donors (Lipinski definition) is 0. The Bertz CT molecular complexity index is 356. The Morgan fingerprint density at radius 3 is 2.71 bits per heavy atom. The van der Waals surface area contributed by atoms with Gasteiger partial charge in [0.15, 0.2) is 0 Å². The van der Waals surface area contributed by atoms with Gasteiger partial charge in [-0.25, -0.2) is 0 Å². The molecule has 0 aliphatic carbocycles. The Hall–Kier alpha value is -0.0600. The number of hydrogen-bond acceptors (Lipinski definition) is 3. The molecule has 2 atom stereocenters. The molecule has 0 bridgehead atoms. The van der Waals surface area contributed by atoms with E-state index in [9.17, 15) is 9.90 Å². The van der Waals surface area contributed by atoms with Gasteiger partial charge in [0, 0.05) is 5.02 Å². The van der Waals surface area contributed by atoms with Crippen molar-refractivity contribution >= 4 is 17.6 Å². The fraction of sp³-hybridized carbons (Fsp3) is 0.222. The summed E-state index contributed by atoms with van der Waals surface area (Å²) in [6.45, 7) is 0. The minimum atomic E-state index is -1.18. The number of benzene rings is 1. The molecule has 1 heterocycles. The molecular weight excluding hydrogens is 215 g/mol. The fourth-order valence-electron chi connectivity index (χ4n) is 1.23. The van der Waals surface area contributed by atoms with Crippen LogP contribution in [-0.4, -0.2) is 12.1 Å². The van der Waals surface area contributed by atoms with E-state index in [0.717, 1.165) is 5.56 Å². The predicted molar refractivity (Wildman–Crippen MR) is 44.1 cm³/mol. The fourth-order valence-corrected chi connectivity index (χ4v) is 1.43. The van der Waals surface area contributed by atoms with Crippen LogP contribution < -0.4 is 34.7 Å². The summed E-state index contributed by atoms with van der Waals surface area (Å²) in [7, 11) is 0. The van der Waals surface area contributed by atoms with Gasteiger partial charge in [0.1, 0.15) is 12.2 Å². The molecule has 3 nitrogen and oxygen atoms in total. The zero-order chi connectivity index (χ0) is 9.42. The van der Waals surface area contributed by atoms with Crippen molar-refractivity contribution in [3.05, 3.63) is 34.9 Å². The summed E-state index contributed by atoms with van der Waals surface area (Å²) < 4.78 is 4.90. The first-order valence-electron chi connectivity index (χ1n) is 3.80. The molecule has 68 valence electrons. The normalized spacial score (nSPS) is 23.8. The van der Waals surface area contributed by atoms with Gasteiger partial charge in [-0.3, -0.25) is 0 Å². The molecule has 0 unspecified atom stereocenters. The van der Waals surface area contributed by atoms with Crippen molar-refractivity contribution in [2.24, 2.45) is 0 Å². The smallest absolute Gasteiger partial charge is 0.547 e. The van der Waals surface area contributed by atoms with Crippen LogP contribution in [0.1, 0.15) is 11.7 Å². The quantitative estimate of drug-likeness (QED) is 0.410. The van der Waals surface area contributed by atoms with Gasteiger partial charge in [0.05, 0.1) is 5.97 Å². The van der Waals surface area contributed by atoms with E-state index in [4.69, 9.17) is 16.3 Å². The predicted octanol–water partition coefficient (Wildman–Crippen LogP) is -2.47. The van der Waals surface area contributed by atoms with Crippen LogP contribution in [0.4, 0.5) is 0 Å². The summed E-state index contributed by atoms with van der Waals surface area (Å²) in [5.74, 6) is -1.18. The SMILES string of the molecule is O=C([O-])[C@@H]1O[C@H]1c1cccc(Cl)c1.[Na+]. The Labute approximate surface area is 108 Å². The van der Waals surface area contributed by atoms with Crippen LogP contribution in [-0.2, 0) is 9.53 Å². The van der Waals surface area contributed by atoms with Gasteiger partial charge in [-0.1, -0.05) is 23.7 Å². The van der Waals surface area contributed by atoms with Crippen LogP contribution in [0.2, 0.25) is 5.02 Å². The third-order valence-corrected chi connectivity index (χ3v) is 2.14. The Morgan fingerprint density at radius 2 is 2.21 bits per heavy atom. The molecule has 0 spiro atoms. The molecule has 1 aromatic carbocycles. The minimum absolute atomic E-state index is 0. The molecule has 0 N–H and O–H groups in total. The van der Waals surface area contributed by atoms with E-state index in [1.165, 1.54) is 0 Å². The summed E-state index contributed by atoms with van der Waals surface area (Å²) in [4.78, 5) is 10.4. The van der Waals surface area contributed by atoms with Crippen molar-refractivity contribution in [3.8, 4) is 0 Å². The Balaban J connectivity index is 0.000000980. The van der Waals surface area contributed by atoms with E-state index in [-0.39, 0.29) is 35.7 Å². The summed E-state index contributed by atoms with van der Waals surface area (Å²) >= 11 is 5.73. The summed E-state index contributed by atoms with van der Waals surface area (Å²) in [5, 5.41) is 10.9. The second-order valence-corrected chi connectivity index (χ2v) is 3.29. The number of carboxylic acid groups (broad SMARTS) is 1. The largest absolute Gasteiger partial charge is 1.00 e. The van der Waals surface area contributed by atoms with Gasteiger partial charge < -0.3 is 14.6 Å². The maximum absolute atomic E-state index is 10.4. The number of rotatable bonds is 2. The van der Waals surface area contributed by atoms with Crippen molar-refractivity contribution in [1.82, 2.24) is 0 Å². The number of carbonyl (C=O) groups is 1. The molecule has 2 rings (SSSR count). The topological polar surface area (TPSA) is 52.7 Å². The third-order valence-electron chi connectivity index (χ3n) is 1.90. The molecule has 1 aliphatic rings. The van der Waals surface area contributed by atoms with Crippen LogP contribution in [0.5, 0.6) is 0 Å². The first-order chi connectivity index (χ1) is 6.18. The second kappa shape index (κ2) is 4.64. The van der Waals surface area contributed by atoms with Gasteiger partial charge in [-0.2, -0.15) is 0 Å². The maximum atomic E-state index is 10.4. The standard InChI is InChI=1S/C9H7ClO3.Na/c10-6-3-1-2-5(4-6)7-8(13-7)9(11)12;/h1-4,7-8H,(H,11,12);/q;+1/p-1/t7-,8+;/m0./s1. The van der Waals surface area contributed by atoms with Crippen LogP contribution in [0.25, 0.3) is 0 Å². The number of carboxylic acids is 1. The first-order valence-corrected chi connectivity index (χ1v) is 4.18. The minimum Gasteiger partial charge on any atom is -0.547 e. The number of aliphatic carboxylic acids is 1. The summed E-state index contributed by atoms with van der Waals surface area (Å²) in [5.41, 5.74) is 0.779. The van der Waals surface area contributed by atoms with Gasteiger partial charge in [-0.05, 0) is 17.7 Å². The van der Waals surface area contributed by atoms with Crippen molar-refractivity contribution < 1.29 is 44.2 Å². The van der Waals surface area contributed by atoms with E-state index in [2.05, 4.69) is 0 Å². The van der Waals surface area contributed by atoms with Crippen molar-refractivity contribution in [2.75, 3.05) is 0 Å². The first kappa shape index (κ1) is 12.0. The van der Waals surface area contributed by atoms with E-state index < -0.39 is 12.1 Å². The zero-order valence-electron chi connectivity index (χ0n) is 7.57. The second-order valence-electron chi connectivity index (χ2n) is 2.85. The molecule has 1 fully saturated rings. The number of halogens is 1. The average Bonchev–Trinajstić information content (AvgIpc) is 2.82. The Kier molecular flexibility index (Phi) is 3.98. The van der Waals surface area contributed by atoms with Crippen molar-refractivity contribution in [2.45, 2.75) is 12.2 Å². The zero-order valence-corrected chi connectivity index (χ0v) is 10.3. The van der Waals surface area contributed by atoms with E-state index in [0.29, 0.717) is 5.02 Å². The van der Waals surface area contributed by atoms with Gasteiger partial charge in [0.25, 0.3) is 0 Å². The molecule has 0 amide bonds. The molecule has 0 radical (unpaired) electrons. The monoisotopic (exact) mass is 220 g/mol. The molecule has 0 aromatic heterocycles. The van der Waals surface area contributed by atoms with Crippen LogP contribution in [0.15, 0.2) is 24.3 Å². The molecule has 5 heteroatoms. The third kappa shape index (κ3) is 2.49. The van der Waals surface area contributed by atoms with Gasteiger partial charge >= 0.3 is 29.6 Å². The van der Waals surface area contributed by atoms with Crippen LogP contribution >= 0.6 is 11.6 Å². The molecule has 1 aromatic rings. The van der Waals surface area contributed by atoms with E-state index in [1.54, 1.807) is 24.3 Å². The summed E-state index contributed by atoms with van der Waals surface area (Å²) in [6, 6.07) is 6.95. The van der Waals surface area contributed by atoms with Gasteiger partial charge in [-0.15, -0.1) is 0 Å². The number of ether oxygens (including phenoxy) is 1. The van der Waals surface area contributed by atoms with Crippen molar-refractivity contribution in [1.29, 1.82) is 0 Å². The van der Waals surface area contributed by atoms with Crippen LogP contribution in [0.3, 0.4) is 0 Å². The van der Waals surface area contributed by atoms with E-state index >= 15 is 0 Å². The molecule has 1 aliphatic heterocycles. The molecule has 0 saturated carbocycles. The molecule has 14 heavy (non-hydrogen) atoms. The number of epoxide rings is 1. The average molecular weight is 221 g/mol.